The fourth-order valence-corrected chi connectivity index (χ4v) is 2.55. The van der Waals surface area contributed by atoms with E-state index in [1.807, 2.05) is 0 Å². The summed E-state index contributed by atoms with van der Waals surface area (Å²) in [6.07, 6.45) is -7.82. The molecule has 0 saturated carbocycles. The summed E-state index contributed by atoms with van der Waals surface area (Å²) in [6.45, 7) is -1.96. The molecule has 226 valence electrons. The van der Waals surface area contributed by atoms with Crippen LogP contribution in [0, 0.1) is 0 Å². The molecule has 0 amide bonds. The van der Waals surface area contributed by atoms with Gasteiger partial charge in [-0.1, -0.05) is 0 Å². The van der Waals surface area contributed by atoms with Gasteiger partial charge in [0.25, 0.3) is 0 Å². The van der Waals surface area contributed by atoms with Crippen molar-refractivity contribution in [1.82, 2.24) is 0 Å². The number of halogens is 17. The van der Waals surface area contributed by atoms with Gasteiger partial charge in [0.15, 0.2) is 11.5 Å². The van der Waals surface area contributed by atoms with Gasteiger partial charge in [-0.2, -0.15) is 74.6 Å². The molecule has 0 aliphatic rings. The summed E-state index contributed by atoms with van der Waals surface area (Å²) in [5, 5.41) is 18.2. The van der Waals surface area contributed by atoms with Crippen molar-refractivity contribution in [2.75, 3.05) is 7.11 Å². The smallest absolute Gasteiger partial charge is 0.460 e. The van der Waals surface area contributed by atoms with E-state index in [0.717, 1.165) is 0 Å². The van der Waals surface area contributed by atoms with Crippen LogP contribution in [-0.2, 0) is 13.2 Å². The van der Waals surface area contributed by atoms with E-state index in [2.05, 4.69) is 9.47 Å². The summed E-state index contributed by atoms with van der Waals surface area (Å²) in [7, 11) is 0.711. The van der Waals surface area contributed by atoms with Crippen LogP contribution in [0.3, 0.4) is 0 Å². The van der Waals surface area contributed by atoms with Gasteiger partial charge < -0.3 is 19.7 Å². The second kappa shape index (κ2) is 10.4. The Labute approximate surface area is 204 Å². The van der Waals surface area contributed by atoms with Gasteiger partial charge in [-0.25, -0.2) is 0 Å². The lowest BCUT2D eigenvalue weighted by atomic mass is 9.91. The maximum Gasteiger partial charge on any atom is 0.460 e. The molecule has 0 aliphatic carbocycles. The lowest BCUT2D eigenvalue weighted by Gasteiger charge is -2.41. The molecular weight excluding hydrogens is 603 g/mol. The van der Waals surface area contributed by atoms with Crippen molar-refractivity contribution in [2.45, 2.75) is 54.9 Å². The van der Waals surface area contributed by atoms with Crippen LogP contribution in [0.25, 0.3) is 0 Å². The number of methoxy groups -OCH3 is 1. The lowest BCUT2D eigenvalue weighted by Crippen LogP contribution is -2.72. The number of benzene rings is 1. The second-order valence-corrected chi connectivity index (χ2v) is 7.22. The molecule has 4 nitrogen and oxygen atoms in total. The Balaban J connectivity index is 3.69. The predicted molar refractivity (Wildman–Crippen MR) is 90.4 cm³/mol. The Morgan fingerprint density at radius 2 is 0.974 bits per heavy atom. The Morgan fingerprint density at radius 3 is 1.33 bits per heavy atom. The van der Waals surface area contributed by atoms with Crippen LogP contribution < -0.4 is 9.47 Å². The predicted octanol–water partition coefficient (Wildman–Crippen LogP) is 6.54. The number of rotatable bonds is 11. The average molecular weight is 614 g/mol. The molecule has 0 saturated heterocycles. The van der Waals surface area contributed by atoms with Gasteiger partial charge in [-0.05, 0) is 23.3 Å². The molecule has 0 heterocycles. The van der Waals surface area contributed by atoms with Gasteiger partial charge in [-0.15, -0.1) is 0 Å². The molecule has 39 heavy (non-hydrogen) atoms. The van der Waals surface area contributed by atoms with Crippen LogP contribution in [-0.4, -0.2) is 59.0 Å². The van der Waals surface area contributed by atoms with Crippen molar-refractivity contribution in [3.05, 3.63) is 35.1 Å². The average Bonchev–Trinajstić information content (AvgIpc) is 2.81. The standard InChI is InChI=1S/C18H11F17O4/c1-38-8-2-6(4-36)7(5-37)3-9(8)39-11(20)10(19)12(21,22)13(23,24)14(25,26)15(27,28)16(29,30)17(31,32)18(33,34)35/h2-3,36-37H,4-5H2,1H3. The number of hydrogen-bond acceptors (Lipinski definition) is 4. The summed E-state index contributed by atoms with van der Waals surface area (Å²) in [6, 6.07) is -2.66. The minimum Gasteiger partial charge on any atom is -0.493 e. The zero-order chi connectivity index (χ0) is 31.2. The molecule has 2 N–H and O–H groups in total. The normalized spacial score (nSPS) is 15.3. The Kier molecular flexibility index (Phi) is 9.12. The first-order chi connectivity index (χ1) is 17.2. The van der Waals surface area contributed by atoms with Crippen molar-refractivity contribution in [2.24, 2.45) is 0 Å². The lowest BCUT2D eigenvalue weighted by molar-refractivity contribution is -0.451. The summed E-state index contributed by atoms with van der Waals surface area (Å²) >= 11 is 0. The Hall–Kier alpha value is -2.71. The Morgan fingerprint density at radius 1 is 0.615 bits per heavy atom. The first kappa shape index (κ1) is 34.3. The van der Waals surface area contributed by atoms with Gasteiger partial charge in [0.2, 0.25) is 5.83 Å². The van der Waals surface area contributed by atoms with E-state index in [0.29, 0.717) is 19.2 Å². The number of aliphatic hydroxyl groups excluding tert-OH is 2. The summed E-state index contributed by atoms with van der Waals surface area (Å²) < 4.78 is 234. The highest BCUT2D eigenvalue weighted by atomic mass is 19.4. The van der Waals surface area contributed by atoms with Crippen LogP contribution in [0.5, 0.6) is 11.5 Å². The van der Waals surface area contributed by atoms with Crippen LogP contribution >= 0.6 is 0 Å². The third kappa shape index (κ3) is 5.13. The Bertz CT molecular complexity index is 1080. The van der Waals surface area contributed by atoms with Crippen LogP contribution in [0.15, 0.2) is 24.0 Å². The van der Waals surface area contributed by atoms with Gasteiger partial charge >= 0.3 is 47.7 Å². The highest BCUT2D eigenvalue weighted by Gasteiger charge is 2.93. The van der Waals surface area contributed by atoms with Crippen molar-refractivity contribution in [3.8, 4) is 11.5 Å². The molecule has 1 rings (SSSR count). The maximum atomic E-state index is 14.0. The third-order valence-electron chi connectivity index (χ3n) is 4.80. The van der Waals surface area contributed by atoms with Gasteiger partial charge in [0.05, 0.1) is 20.3 Å². The summed E-state index contributed by atoms with van der Waals surface area (Å²) in [4.78, 5) is 0. The zero-order valence-electron chi connectivity index (χ0n) is 18.2. The molecule has 0 fully saturated rings. The second-order valence-electron chi connectivity index (χ2n) is 7.22. The topological polar surface area (TPSA) is 58.9 Å². The van der Waals surface area contributed by atoms with Crippen molar-refractivity contribution >= 4 is 0 Å². The van der Waals surface area contributed by atoms with E-state index in [1.54, 1.807) is 0 Å². The van der Waals surface area contributed by atoms with E-state index < -0.39 is 83.8 Å². The van der Waals surface area contributed by atoms with Gasteiger partial charge in [-0.3, -0.25) is 0 Å². The van der Waals surface area contributed by atoms with Gasteiger partial charge in [0.1, 0.15) is 0 Å². The number of alkyl halides is 15. The number of aliphatic hydroxyl groups is 2. The van der Waals surface area contributed by atoms with Crippen LogP contribution in [0.1, 0.15) is 11.1 Å². The van der Waals surface area contributed by atoms with Crippen LogP contribution in [0.2, 0.25) is 0 Å². The van der Waals surface area contributed by atoms with E-state index >= 15 is 0 Å². The minimum atomic E-state index is -8.69. The molecule has 0 unspecified atom stereocenters. The van der Waals surface area contributed by atoms with E-state index in [1.165, 1.54) is 0 Å². The minimum absolute atomic E-state index is 0.248. The maximum absolute atomic E-state index is 14.0. The molecule has 0 bridgehead atoms. The fraction of sp³-hybridized carbons (Fsp3) is 0.556. The van der Waals surface area contributed by atoms with Gasteiger partial charge in [0, 0.05) is 0 Å². The molecule has 1 aromatic rings. The quantitative estimate of drug-likeness (QED) is 0.220. The molecule has 0 aliphatic heterocycles. The number of hydrogen-bond donors (Lipinski definition) is 2. The molecule has 1 aromatic carbocycles. The van der Waals surface area contributed by atoms with Crippen molar-refractivity contribution in [1.29, 1.82) is 0 Å². The molecule has 0 radical (unpaired) electrons. The molecule has 21 heteroatoms. The zero-order valence-corrected chi connectivity index (χ0v) is 18.2. The van der Waals surface area contributed by atoms with Crippen molar-refractivity contribution in [3.63, 3.8) is 0 Å². The SMILES string of the molecule is COc1cc(CO)c(CO)cc1OC(F)=C(F)C(F)(F)C(F)(F)C(F)(F)C(F)(F)C(F)(F)C(F)(F)C(F)(F)F. The summed E-state index contributed by atoms with van der Waals surface area (Å²) in [5.74, 6) is -56.9. The van der Waals surface area contributed by atoms with Crippen LogP contribution in [0.4, 0.5) is 74.6 Å². The van der Waals surface area contributed by atoms with Crippen molar-refractivity contribution < 1.29 is 94.3 Å². The highest BCUT2D eigenvalue weighted by Crippen LogP contribution is 2.63. The summed E-state index contributed by atoms with van der Waals surface area (Å²) in [5.41, 5.74) is -0.709. The van der Waals surface area contributed by atoms with E-state index in [4.69, 9.17) is 10.2 Å². The molecule has 0 spiro atoms. The highest BCUT2D eigenvalue weighted by molar-refractivity contribution is 5.48. The molecule has 0 atom stereocenters. The van der Waals surface area contributed by atoms with E-state index in [-0.39, 0.29) is 5.56 Å². The largest absolute Gasteiger partial charge is 0.493 e. The molecule has 0 aromatic heterocycles. The first-order valence-corrected chi connectivity index (χ1v) is 9.23. The number of ether oxygens (including phenoxy) is 2. The molecular formula is C18H11F17O4. The monoisotopic (exact) mass is 614 g/mol. The number of allylic oxidation sites excluding steroid dienone is 1. The fourth-order valence-electron chi connectivity index (χ4n) is 2.55. The first-order valence-electron chi connectivity index (χ1n) is 9.23. The van der Waals surface area contributed by atoms with E-state index in [9.17, 15) is 74.6 Å². The third-order valence-corrected chi connectivity index (χ3v) is 4.80.